The summed E-state index contributed by atoms with van der Waals surface area (Å²) in [5.41, 5.74) is 0. The van der Waals surface area contributed by atoms with Crippen molar-refractivity contribution in [1.82, 2.24) is 14.7 Å². The molecule has 0 aromatic rings. The van der Waals surface area contributed by atoms with Crippen LogP contribution in [0, 0.1) is 23.7 Å². The molecule has 23 heteroatoms. The number of likely N-dealkylation sites (N-methyl/N-ethyl adjacent to an activating group) is 1. The Morgan fingerprint density at radius 3 is 0.508 bits per heavy atom. The van der Waals surface area contributed by atoms with Crippen LogP contribution in [-0.4, -0.2) is 220 Å². The van der Waals surface area contributed by atoms with Crippen LogP contribution in [0.3, 0.4) is 0 Å². The highest BCUT2D eigenvalue weighted by Crippen LogP contribution is 2.26. The second-order valence-electron chi connectivity index (χ2n) is 34.5. The van der Waals surface area contributed by atoms with Gasteiger partial charge in [0.2, 0.25) is 0 Å². The molecule has 4 N–H and O–H groups in total. The number of hydrogen-bond acceptors (Lipinski definition) is 23. The molecule has 0 spiro atoms. The predicted octanol–water partition coefficient (Wildman–Crippen LogP) is 19.8. The number of hydrogen-bond donors (Lipinski definition) is 4. The Hall–Kier alpha value is -4.52. The number of unbranched alkanes of at least 4 members (excludes halogenated alkanes) is 36. The number of aliphatic hydroxyl groups excluding tert-OH is 4. The molecule has 0 aromatic heterocycles. The maximum absolute atomic E-state index is 13.5. The third-order valence-corrected chi connectivity index (χ3v) is 23.1. The zero-order valence-electron chi connectivity index (χ0n) is 78.2. The van der Waals surface area contributed by atoms with E-state index in [1.165, 1.54) is 77.0 Å². The number of carbonyl (C=O) groups excluding carboxylic acids is 8. The van der Waals surface area contributed by atoms with Gasteiger partial charge in [0.1, 0.15) is 0 Å². The van der Waals surface area contributed by atoms with Gasteiger partial charge < -0.3 is 63.2 Å². The maximum atomic E-state index is 13.5. The van der Waals surface area contributed by atoms with E-state index in [-0.39, 0.29) is 153 Å². The van der Waals surface area contributed by atoms with E-state index in [9.17, 15) is 58.8 Å². The summed E-state index contributed by atoms with van der Waals surface area (Å²) in [4.78, 5) is 112. The fraction of sp³-hybridized carbons (Fsp3) is 0.918. The fourth-order valence-electron chi connectivity index (χ4n) is 15.1. The van der Waals surface area contributed by atoms with Crippen molar-refractivity contribution in [1.29, 1.82) is 0 Å². The van der Waals surface area contributed by atoms with Crippen LogP contribution in [0.4, 0.5) is 0 Å². The van der Waals surface area contributed by atoms with Crippen LogP contribution in [0.5, 0.6) is 0 Å². The van der Waals surface area contributed by atoms with Crippen molar-refractivity contribution in [2.75, 3.05) is 112 Å². The second-order valence-corrected chi connectivity index (χ2v) is 34.5. The van der Waals surface area contributed by atoms with Crippen molar-refractivity contribution in [3.63, 3.8) is 0 Å². The van der Waals surface area contributed by atoms with Crippen LogP contribution >= 0.6 is 0 Å². The lowest BCUT2D eigenvalue weighted by Gasteiger charge is -2.30. The molecule has 8 atom stereocenters. The molecule has 23 nitrogen and oxygen atoms in total. The van der Waals surface area contributed by atoms with Gasteiger partial charge in [-0.15, -0.1) is 0 Å². The quantitative estimate of drug-likeness (QED) is 0.0250. The molecule has 0 saturated carbocycles. The Bertz CT molecular complexity index is 2110. The highest BCUT2D eigenvalue weighted by atomic mass is 16.6. The van der Waals surface area contributed by atoms with E-state index < -0.39 is 48.3 Å². The van der Waals surface area contributed by atoms with E-state index in [1.807, 2.05) is 4.90 Å². The Kier molecular flexibility index (Phi) is 80.8. The Balaban J connectivity index is 6.46. The van der Waals surface area contributed by atoms with Crippen LogP contribution in [-0.2, 0) is 76.3 Å². The first kappa shape index (κ1) is 115. The Labute approximate surface area is 730 Å². The number of ether oxygens (including phenoxy) is 8. The molecule has 0 radical (unpaired) electrons. The number of aliphatic hydroxyl groups is 4. The molecule has 0 saturated heterocycles. The summed E-state index contributed by atoms with van der Waals surface area (Å²) >= 11 is 0. The summed E-state index contributed by atoms with van der Waals surface area (Å²) < 4.78 is 45.1. The SMILES string of the molecule is CCCCCCCCC(CCCCCC)C(=O)OCCCCOC(=O)C(O)CN(CCN(C)CCN(CC(O)C(=O)OCCCCOC(=O)C(CCCCCC)CCCCCCCC)CC(O)C(=O)OCCCCOC(=O)C(CCCCCC)CCCCCCCC)CC(O)C(=O)OCCCCOC(=O)C(CCCCCC)CCCCCCCC. The average molecular weight is 1710 g/mol. The number of esters is 8. The fourth-order valence-corrected chi connectivity index (χ4v) is 15.1. The van der Waals surface area contributed by atoms with Gasteiger partial charge in [0.05, 0.1) is 76.5 Å². The minimum absolute atomic E-state index is 0.0493. The van der Waals surface area contributed by atoms with E-state index >= 15 is 0 Å². The van der Waals surface area contributed by atoms with Gasteiger partial charge in [-0.05, 0) is 110 Å². The lowest BCUT2D eigenvalue weighted by molar-refractivity contribution is -0.158. The standard InChI is InChI=1S/C97H183N3O20/c1-10-18-26-34-38-46-62-82(58-42-30-22-14-5)90(105)113-70-50-54-74-117-94(109)86(101)78-99(79-87(102)95(110)118-75-55-51-71-114-91(106)83(59-43-31-23-15-6)63-47-39-35-27-19-11-2)68-66-98(9)67-69-100(80-88(103)96(111)119-76-56-52-72-115-92(107)84(60-44-32-24-16-7)64-48-40-36-28-20-12-3)81-89(104)97(112)120-77-57-53-73-116-93(108)85(61-45-33-25-17-8)65-49-41-37-29-21-13-4/h82-89,101-104H,10-81H2,1-9H3. The van der Waals surface area contributed by atoms with E-state index in [4.69, 9.17) is 37.9 Å². The third kappa shape index (κ3) is 67.8. The molecule has 0 rings (SSSR count). The van der Waals surface area contributed by atoms with Crippen LogP contribution in [0.25, 0.3) is 0 Å². The largest absolute Gasteiger partial charge is 0.465 e. The van der Waals surface area contributed by atoms with Crippen molar-refractivity contribution >= 4 is 47.8 Å². The molecular formula is C97H183N3O20. The van der Waals surface area contributed by atoms with Gasteiger partial charge in [-0.2, -0.15) is 0 Å². The molecule has 0 fully saturated rings. The summed E-state index contributed by atoms with van der Waals surface area (Å²) in [6.07, 6.45) is 47.4. The van der Waals surface area contributed by atoms with Crippen LogP contribution < -0.4 is 0 Å². The number of rotatable bonds is 90. The Morgan fingerprint density at radius 2 is 0.342 bits per heavy atom. The molecule has 0 heterocycles. The smallest absolute Gasteiger partial charge is 0.336 e. The second kappa shape index (κ2) is 84.0. The van der Waals surface area contributed by atoms with Gasteiger partial charge >= 0.3 is 47.8 Å². The molecular weight excluding hydrogens is 1530 g/mol. The number of carbonyl (C=O) groups is 8. The topological polar surface area (TPSA) is 301 Å². The molecule has 706 valence electrons. The average Bonchev–Trinajstić information content (AvgIpc) is 0.893. The minimum Gasteiger partial charge on any atom is -0.465 e. The minimum atomic E-state index is -1.70. The molecule has 120 heavy (non-hydrogen) atoms. The van der Waals surface area contributed by atoms with Crippen molar-refractivity contribution in [2.24, 2.45) is 23.7 Å². The molecule has 0 aliphatic heterocycles. The first-order chi connectivity index (χ1) is 58.3. The predicted molar refractivity (Wildman–Crippen MR) is 480 cm³/mol. The highest BCUT2D eigenvalue weighted by Gasteiger charge is 2.30. The summed E-state index contributed by atoms with van der Waals surface area (Å²) in [7, 11) is 1.77. The van der Waals surface area contributed by atoms with Gasteiger partial charge in [0.25, 0.3) is 0 Å². The van der Waals surface area contributed by atoms with Crippen LogP contribution in [0.2, 0.25) is 0 Å². The van der Waals surface area contributed by atoms with Gasteiger partial charge in [-0.3, -0.25) is 29.0 Å². The third-order valence-electron chi connectivity index (χ3n) is 23.1. The van der Waals surface area contributed by atoms with Crippen molar-refractivity contribution in [3.05, 3.63) is 0 Å². The van der Waals surface area contributed by atoms with Crippen molar-refractivity contribution < 1.29 is 96.7 Å². The molecule has 8 unspecified atom stereocenters. The van der Waals surface area contributed by atoms with Crippen LogP contribution in [0.15, 0.2) is 0 Å². The highest BCUT2D eigenvalue weighted by molar-refractivity contribution is 5.77. The van der Waals surface area contributed by atoms with Gasteiger partial charge in [-0.1, -0.05) is 312 Å². The maximum Gasteiger partial charge on any atom is 0.336 e. The van der Waals surface area contributed by atoms with Crippen LogP contribution in [0.1, 0.15) is 415 Å². The van der Waals surface area contributed by atoms with Crippen molar-refractivity contribution in [3.8, 4) is 0 Å². The summed E-state index contributed by atoms with van der Waals surface area (Å²) in [5, 5.41) is 45.5. The molecule has 0 aromatic carbocycles. The lowest BCUT2D eigenvalue weighted by atomic mass is 9.94. The lowest BCUT2D eigenvalue weighted by Crippen LogP contribution is -2.48. The van der Waals surface area contributed by atoms with E-state index in [1.54, 1.807) is 16.8 Å². The van der Waals surface area contributed by atoms with Gasteiger partial charge in [0.15, 0.2) is 24.4 Å². The summed E-state index contributed by atoms with van der Waals surface area (Å²) in [5.74, 6) is -5.02. The zero-order chi connectivity index (χ0) is 88.5. The first-order valence-electron chi connectivity index (χ1n) is 49.5. The zero-order valence-corrected chi connectivity index (χ0v) is 78.2. The van der Waals surface area contributed by atoms with E-state index in [0.29, 0.717) is 51.4 Å². The molecule has 0 bridgehead atoms. The molecule has 0 aliphatic carbocycles. The van der Waals surface area contributed by atoms with Gasteiger partial charge in [-0.25, -0.2) is 19.2 Å². The normalized spacial score (nSPS) is 13.7. The van der Waals surface area contributed by atoms with E-state index in [0.717, 1.165) is 231 Å². The Morgan fingerprint density at radius 1 is 0.200 bits per heavy atom. The number of nitrogens with zero attached hydrogens (tertiary/aromatic N) is 3. The summed E-state index contributed by atoms with van der Waals surface area (Å²) in [6.45, 7) is 17.1. The van der Waals surface area contributed by atoms with Gasteiger partial charge in [0, 0.05) is 52.4 Å². The van der Waals surface area contributed by atoms with E-state index in [2.05, 4.69) is 55.4 Å². The van der Waals surface area contributed by atoms with Crippen molar-refractivity contribution in [2.45, 2.75) is 439 Å². The molecule has 0 amide bonds. The molecule has 0 aliphatic rings. The summed E-state index contributed by atoms with van der Waals surface area (Å²) in [6, 6.07) is 0. The first-order valence-corrected chi connectivity index (χ1v) is 49.5. The monoisotopic (exact) mass is 1710 g/mol.